The van der Waals surface area contributed by atoms with Crippen LogP contribution >= 0.6 is 12.2 Å². The average molecular weight is 446 g/mol. The number of benzene rings is 3. The van der Waals surface area contributed by atoms with Crippen LogP contribution in [0, 0.1) is 25.5 Å². The molecule has 32 heavy (non-hydrogen) atoms. The van der Waals surface area contributed by atoms with Gasteiger partial charge in [0.15, 0.2) is 4.77 Å². The highest BCUT2D eigenvalue weighted by atomic mass is 32.1. The summed E-state index contributed by atoms with van der Waals surface area (Å²) in [6, 6.07) is 16.2. The molecular formula is C25H23N3O3S. The van der Waals surface area contributed by atoms with Crippen molar-refractivity contribution in [1.82, 2.24) is 9.55 Å². The third-order valence-electron chi connectivity index (χ3n) is 5.58. The third-order valence-corrected chi connectivity index (χ3v) is 5.86. The first-order chi connectivity index (χ1) is 15.3. The summed E-state index contributed by atoms with van der Waals surface area (Å²) in [6.07, 6.45) is 0. The van der Waals surface area contributed by atoms with Crippen molar-refractivity contribution in [2.75, 3.05) is 12.4 Å². The molecular weight excluding hydrogens is 422 g/mol. The maximum atomic E-state index is 13.3. The lowest BCUT2D eigenvalue weighted by Crippen LogP contribution is -2.22. The summed E-state index contributed by atoms with van der Waals surface area (Å²) in [4.78, 5) is 29.3. The second-order valence-corrected chi connectivity index (χ2v) is 8.09. The number of carbonyl (C=O) groups is 1. The van der Waals surface area contributed by atoms with Crippen molar-refractivity contribution < 1.29 is 9.53 Å². The number of hydrogen-bond donors (Lipinski definition) is 2. The van der Waals surface area contributed by atoms with Gasteiger partial charge in [0.05, 0.1) is 29.4 Å². The van der Waals surface area contributed by atoms with Gasteiger partial charge < -0.3 is 15.0 Å². The Morgan fingerprint density at radius 1 is 1.06 bits per heavy atom. The zero-order valence-corrected chi connectivity index (χ0v) is 19.1. The summed E-state index contributed by atoms with van der Waals surface area (Å²) in [6.45, 7) is 5.89. The number of nitrogens with zero attached hydrogens (tertiary/aromatic N) is 1. The Hall–Kier alpha value is -3.71. The van der Waals surface area contributed by atoms with E-state index in [2.05, 4.69) is 10.3 Å². The van der Waals surface area contributed by atoms with Gasteiger partial charge in [-0.1, -0.05) is 18.2 Å². The quantitative estimate of drug-likeness (QED) is 0.422. The van der Waals surface area contributed by atoms with Gasteiger partial charge in [-0.25, -0.2) is 0 Å². The van der Waals surface area contributed by atoms with Gasteiger partial charge in [-0.2, -0.15) is 0 Å². The molecule has 1 aromatic heterocycles. The third kappa shape index (κ3) is 3.83. The van der Waals surface area contributed by atoms with E-state index in [-0.39, 0.29) is 16.2 Å². The molecule has 1 amide bonds. The molecule has 0 atom stereocenters. The monoisotopic (exact) mass is 445 g/mol. The van der Waals surface area contributed by atoms with Crippen molar-refractivity contribution >= 4 is 34.7 Å². The molecule has 4 rings (SSSR count). The van der Waals surface area contributed by atoms with Gasteiger partial charge in [-0.05, 0) is 86.1 Å². The Morgan fingerprint density at radius 3 is 2.59 bits per heavy atom. The van der Waals surface area contributed by atoms with Crippen molar-refractivity contribution in [2.45, 2.75) is 20.8 Å². The Bertz CT molecular complexity index is 1480. The standard InChI is InChI=1S/C25H23N3O3S/c1-14-8-11-22(31-4)20(12-14)26-23(29)17-9-10-18-19(13-17)27-25(32)28(24(18)30)21-7-5-6-15(2)16(21)3/h5-13H,1-4H3,(H,26,29)(H,27,32). The van der Waals surface area contributed by atoms with E-state index in [0.717, 1.165) is 22.4 Å². The maximum absolute atomic E-state index is 13.3. The summed E-state index contributed by atoms with van der Waals surface area (Å²) >= 11 is 5.50. The molecule has 0 aliphatic carbocycles. The average Bonchev–Trinajstić information content (AvgIpc) is 2.76. The molecule has 1 heterocycles. The van der Waals surface area contributed by atoms with Crippen LogP contribution in [0.3, 0.4) is 0 Å². The van der Waals surface area contributed by atoms with Gasteiger partial charge >= 0.3 is 0 Å². The molecule has 162 valence electrons. The molecule has 0 aliphatic rings. The normalized spacial score (nSPS) is 10.9. The van der Waals surface area contributed by atoms with E-state index in [4.69, 9.17) is 17.0 Å². The van der Waals surface area contributed by atoms with Crippen LogP contribution in [0.2, 0.25) is 0 Å². The first-order valence-corrected chi connectivity index (χ1v) is 10.5. The Labute approximate surface area is 190 Å². The summed E-state index contributed by atoms with van der Waals surface area (Å²) in [5, 5.41) is 3.32. The second-order valence-electron chi connectivity index (χ2n) is 7.71. The fourth-order valence-electron chi connectivity index (χ4n) is 3.67. The van der Waals surface area contributed by atoms with Crippen LogP contribution in [0.1, 0.15) is 27.0 Å². The SMILES string of the molecule is COc1ccc(C)cc1NC(=O)c1ccc2c(=O)n(-c3cccc(C)c3C)c(=S)[nH]c2c1. The number of methoxy groups -OCH3 is 1. The number of carbonyl (C=O) groups excluding carboxylic acids is 1. The minimum atomic E-state index is -0.311. The van der Waals surface area contributed by atoms with Crippen LogP contribution in [0.5, 0.6) is 5.75 Å². The van der Waals surface area contributed by atoms with Crippen LogP contribution in [0.4, 0.5) is 5.69 Å². The highest BCUT2D eigenvalue weighted by molar-refractivity contribution is 7.71. The summed E-state index contributed by atoms with van der Waals surface area (Å²) < 4.78 is 7.10. The lowest BCUT2D eigenvalue weighted by Gasteiger charge is -2.13. The van der Waals surface area contributed by atoms with E-state index >= 15 is 0 Å². The van der Waals surface area contributed by atoms with E-state index in [1.807, 2.05) is 51.1 Å². The van der Waals surface area contributed by atoms with E-state index < -0.39 is 0 Å². The molecule has 0 bridgehead atoms. The number of aromatic amines is 1. The summed E-state index contributed by atoms with van der Waals surface area (Å²) in [5.74, 6) is 0.259. The fraction of sp³-hybridized carbons (Fsp3) is 0.160. The van der Waals surface area contributed by atoms with Crippen LogP contribution in [-0.4, -0.2) is 22.6 Å². The smallest absolute Gasteiger partial charge is 0.266 e. The zero-order chi connectivity index (χ0) is 23.0. The first-order valence-electron chi connectivity index (χ1n) is 10.1. The largest absolute Gasteiger partial charge is 0.495 e. The van der Waals surface area contributed by atoms with Gasteiger partial charge in [0.1, 0.15) is 5.75 Å². The molecule has 0 aliphatic heterocycles. The molecule has 0 unspecified atom stereocenters. The van der Waals surface area contributed by atoms with Crippen LogP contribution in [0.25, 0.3) is 16.6 Å². The van der Waals surface area contributed by atoms with Gasteiger partial charge in [0, 0.05) is 5.56 Å². The van der Waals surface area contributed by atoms with Crippen LogP contribution in [0.15, 0.2) is 59.4 Å². The highest BCUT2D eigenvalue weighted by Crippen LogP contribution is 2.26. The lowest BCUT2D eigenvalue weighted by molar-refractivity contribution is 0.102. The molecule has 0 saturated carbocycles. The van der Waals surface area contributed by atoms with Gasteiger partial charge in [-0.15, -0.1) is 0 Å². The molecule has 0 saturated heterocycles. The molecule has 4 aromatic rings. The van der Waals surface area contributed by atoms with Crippen LogP contribution < -0.4 is 15.6 Å². The molecule has 7 heteroatoms. The maximum Gasteiger partial charge on any atom is 0.266 e. The van der Waals surface area contributed by atoms with E-state index in [1.165, 1.54) is 4.57 Å². The molecule has 0 fully saturated rings. The van der Waals surface area contributed by atoms with Crippen molar-refractivity contribution in [2.24, 2.45) is 0 Å². The number of rotatable bonds is 4. The highest BCUT2D eigenvalue weighted by Gasteiger charge is 2.14. The number of amides is 1. The van der Waals surface area contributed by atoms with E-state index in [9.17, 15) is 9.59 Å². The zero-order valence-electron chi connectivity index (χ0n) is 18.3. The molecule has 0 spiro atoms. The van der Waals surface area contributed by atoms with E-state index in [1.54, 1.807) is 31.4 Å². The lowest BCUT2D eigenvalue weighted by atomic mass is 10.1. The summed E-state index contributed by atoms with van der Waals surface area (Å²) in [7, 11) is 1.55. The molecule has 6 nitrogen and oxygen atoms in total. The second kappa shape index (κ2) is 8.43. The van der Waals surface area contributed by atoms with Crippen molar-refractivity contribution in [3.05, 3.63) is 92.0 Å². The van der Waals surface area contributed by atoms with Crippen molar-refractivity contribution in [3.63, 3.8) is 0 Å². The Morgan fingerprint density at radius 2 is 1.84 bits per heavy atom. The van der Waals surface area contributed by atoms with Gasteiger partial charge in [0.2, 0.25) is 0 Å². The van der Waals surface area contributed by atoms with Gasteiger partial charge in [-0.3, -0.25) is 14.2 Å². The number of nitrogens with one attached hydrogen (secondary N) is 2. The topological polar surface area (TPSA) is 76.1 Å². The fourth-order valence-corrected chi connectivity index (χ4v) is 3.96. The first kappa shape index (κ1) is 21.5. The van der Waals surface area contributed by atoms with Crippen molar-refractivity contribution in [1.29, 1.82) is 0 Å². The predicted octanol–water partition coefficient (Wildman–Crippen LogP) is 5.23. The Balaban J connectivity index is 1.77. The minimum absolute atomic E-state index is 0.232. The minimum Gasteiger partial charge on any atom is -0.495 e. The van der Waals surface area contributed by atoms with E-state index in [0.29, 0.717) is 27.9 Å². The number of aromatic nitrogens is 2. The number of aryl methyl sites for hydroxylation is 2. The molecule has 2 N–H and O–H groups in total. The summed E-state index contributed by atoms with van der Waals surface area (Å²) in [5.41, 5.74) is 5.04. The van der Waals surface area contributed by atoms with Gasteiger partial charge in [0.25, 0.3) is 11.5 Å². The Kier molecular flexibility index (Phi) is 5.67. The molecule has 3 aromatic carbocycles. The molecule has 0 radical (unpaired) electrons. The predicted molar refractivity (Wildman–Crippen MR) is 130 cm³/mol. The number of ether oxygens (including phenoxy) is 1. The number of fused-ring (bicyclic) bond motifs is 1. The number of hydrogen-bond acceptors (Lipinski definition) is 4. The van der Waals surface area contributed by atoms with Crippen molar-refractivity contribution in [3.8, 4) is 11.4 Å². The van der Waals surface area contributed by atoms with Crippen LogP contribution in [-0.2, 0) is 0 Å². The number of H-pyrrole nitrogens is 1. The number of anilines is 1.